The van der Waals surface area contributed by atoms with Gasteiger partial charge in [0.25, 0.3) is 0 Å². The monoisotopic (exact) mass is 255 g/mol. The second kappa shape index (κ2) is 5.27. The molecule has 95 valence electrons. The van der Waals surface area contributed by atoms with Crippen molar-refractivity contribution in [1.82, 2.24) is 0 Å². The largest absolute Gasteiger partial charge is 0.0803 e. The molecule has 0 saturated carbocycles. The highest BCUT2D eigenvalue weighted by Gasteiger charge is 2.23. The fourth-order valence-corrected chi connectivity index (χ4v) is 4.36. The summed E-state index contributed by atoms with van der Waals surface area (Å²) in [6.45, 7) is 9.34. The van der Waals surface area contributed by atoms with Gasteiger partial charge in [-0.1, -0.05) is 81.4 Å². The van der Waals surface area contributed by atoms with Crippen molar-refractivity contribution in [1.29, 1.82) is 0 Å². The van der Waals surface area contributed by atoms with Crippen LogP contribution >= 0.6 is 0 Å². The summed E-state index contributed by atoms with van der Waals surface area (Å²) >= 11 is 0. The van der Waals surface area contributed by atoms with Gasteiger partial charge < -0.3 is 0 Å². The number of hydrogen-bond donors (Lipinski definition) is 0. The maximum absolute atomic E-state index is 2.50. The minimum absolute atomic E-state index is 0.292. The minimum atomic E-state index is -0.375. The van der Waals surface area contributed by atoms with Gasteiger partial charge in [-0.25, -0.2) is 0 Å². The summed E-state index contributed by atoms with van der Waals surface area (Å²) in [5.74, 6) is 0. The number of benzene rings is 1. The molecule has 1 aliphatic rings. The van der Waals surface area contributed by atoms with Crippen LogP contribution in [0.1, 0.15) is 26.3 Å². The van der Waals surface area contributed by atoms with Crippen molar-refractivity contribution in [2.24, 2.45) is 5.41 Å². The molecule has 1 atom stereocenters. The first-order valence-electron chi connectivity index (χ1n) is 6.73. The Morgan fingerprint density at radius 2 is 1.78 bits per heavy atom. The second-order valence-corrected chi connectivity index (χ2v) is 8.98. The van der Waals surface area contributed by atoms with Gasteiger partial charge in [-0.15, -0.1) is 0 Å². The highest BCUT2D eigenvalue weighted by Crippen LogP contribution is 2.35. The van der Waals surface area contributed by atoms with Crippen LogP contribution in [0.5, 0.6) is 0 Å². The van der Waals surface area contributed by atoms with E-state index in [2.05, 4.69) is 75.9 Å². The van der Waals surface area contributed by atoms with E-state index < -0.39 is 0 Å². The van der Waals surface area contributed by atoms with E-state index in [1.807, 2.05) is 0 Å². The van der Waals surface area contributed by atoms with Crippen molar-refractivity contribution in [2.45, 2.75) is 38.9 Å². The molecule has 2 rings (SSSR count). The topological polar surface area (TPSA) is 0 Å². The molecule has 0 heterocycles. The average molecular weight is 255 g/mol. The Hall–Kier alpha value is -1.08. The van der Waals surface area contributed by atoms with Gasteiger partial charge in [0, 0.05) is 0 Å². The molecule has 0 N–H and O–H groups in total. The summed E-state index contributed by atoms with van der Waals surface area (Å²) in [6.07, 6.45) is 7.25. The van der Waals surface area contributed by atoms with Crippen molar-refractivity contribution in [3.63, 3.8) is 0 Å². The zero-order valence-electron chi connectivity index (χ0n) is 11.9. The summed E-state index contributed by atoms with van der Waals surface area (Å²) in [5, 5.41) is 0. The van der Waals surface area contributed by atoms with E-state index in [9.17, 15) is 0 Å². The van der Waals surface area contributed by atoms with Crippen LogP contribution in [0.3, 0.4) is 0 Å². The van der Waals surface area contributed by atoms with Gasteiger partial charge in [0.15, 0.2) is 0 Å². The van der Waals surface area contributed by atoms with Crippen LogP contribution in [-0.4, -0.2) is 8.80 Å². The number of rotatable bonds is 3. The SMILES string of the molecule is C[Si](Cc1ccccc1)C1C=CC(C(C)(C)C)=C1. The Bertz CT molecular complexity index is 448. The Labute approximate surface area is 113 Å². The molecule has 1 aromatic rings. The molecule has 0 spiro atoms. The predicted molar refractivity (Wildman–Crippen MR) is 82.2 cm³/mol. The molecule has 18 heavy (non-hydrogen) atoms. The lowest BCUT2D eigenvalue weighted by Crippen LogP contribution is -2.17. The van der Waals surface area contributed by atoms with E-state index in [4.69, 9.17) is 0 Å². The Balaban J connectivity index is 2.02. The Morgan fingerprint density at radius 3 is 2.33 bits per heavy atom. The molecule has 0 aliphatic heterocycles. The minimum Gasteiger partial charge on any atom is -0.0803 e. The molecule has 0 bridgehead atoms. The molecule has 1 aromatic carbocycles. The summed E-state index contributed by atoms with van der Waals surface area (Å²) in [4.78, 5) is 0. The van der Waals surface area contributed by atoms with Crippen molar-refractivity contribution in [3.8, 4) is 0 Å². The van der Waals surface area contributed by atoms with Gasteiger partial charge in [0.1, 0.15) is 0 Å². The van der Waals surface area contributed by atoms with Gasteiger partial charge in [-0.05, 0) is 22.6 Å². The van der Waals surface area contributed by atoms with Crippen LogP contribution in [0.4, 0.5) is 0 Å². The Morgan fingerprint density at radius 1 is 1.11 bits per heavy atom. The third-order valence-electron chi connectivity index (χ3n) is 3.60. The van der Waals surface area contributed by atoms with Crippen molar-refractivity contribution in [3.05, 3.63) is 59.7 Å². The van der Waals surface area contributed by atoms with Crippen molar-refractivity contribution >= 4 is 8.80 Å². The lowest BCUT2D eigenvalue weighted by molar-refractivity contribution is 0.518. The second-order valence-electron chi connectivity index (χ2n) is 6.27. The lowest BCUT2D eigenvalue weighted by atomic mass is 9.87. The van der Waals surface area contributed by atoms with Gasteiger partial charge in [0.05, 0.1) is 8.80 Å². The highest BCUT2D eigenvalue weighted by atomic mass is 28.3. The van der Waals surface area contributed by atoms with Crippen LogP contribution in [-0.2, 0) is 6.04 Å². The molecule has 0 nitrogen and oxygen atoms in total. The maximum Gasteiger partial charge on any atom is 0.0618 e. The van der Waals surface area contributed by atoms with Crippen LogP contribution in [0.2, 0.25) is 12.1 Å². The summed E-state index contributed by atoms with van der Waals surface area (Å²) in [7, 11) is -0.375. The van der Waals surface area contributed by atoms with Crippen molar-refractivity contribution < 1.29 is 0 Å². The van der Waals surface area contributed by atoms with Gasteiger partial charge >= 0.3 is 0 Å². The van der Waals surface area contributed by atoms with Crippen LogP contribution in [0, 0.1) is 5.41 Å². The number of hydrogen-bond acceptors (Lipinski definition) is 0. The third-order valence-corrected chi connectivity index (χ3v) is 6.07. The van der Waals surface area contributed by atoms with E-state index in [0.717, 1.165) is 0 Å². The van der Waals surface area contributed by atoms with E-state index >= 15 is 0 Å². The van der Waals surface area contributed by atoms with Crippen LogP contribution in [0.25, 0.3) is 0 Å². The predicted octanol–water partition coefficient (Wildman–Crippen LogP) is 4.81. The normalized spacial score (nSPS) is 19.4. The summed E-state index contributed by atoms with van der Waals surface area (Å²) < 4.78 is 0. The van der Waals surface area contributed by atoms with E-state index in [-0.39, 0.29) is 8.80 Å². The first-order valence-corrected chi connectivity index (χ1v) is 9.02. The molecule has 0 saturated heterocycles. The molecular weight excluding hydrogens is 232 g/mol. The quantitative estimate of drug-likeness (QED) is 0.680. The molecule has 0 amide bonds. The van der Waals surface area contributed by atoms with Gasteiger partial charge in [-0.2, -0.15) is 0 Å². The summed E-state index contributed by atoms with van der Waals surface area (Å²) in [6, 6.07) is 12.1. The molecule has 1 aliphatic carbocycles. The molecule has 0 aromatic heterocycles. The number of allylic oxidation sites excluding steroid dienone is 4. The van der Waals surface area contributed by atoms with Crippen molar-refractivity contribution in [2.75, 3.05) is 0 Å². The van der Waals surface area contributed by atoms with Crippen LogP contribution < -0.4 is 0 Å². The average Bonchev–Trinajstić information content (AvgIpc) is 2.79. The zero-order valence-corrected chi connectivity index (χ0v) is 12.9. The Kier molecular flexibility index (Phi) is 3.91. The molecule has 1 unspecified atom stereocenters. The molecule has 1 radical (unpaired) electrons. The molecule has 1 heteroatoms. The first-order chi connectivity index (χ1) is 8.47. The zero-order chi connectivity index (χ0) is 13.2. The van der Waals surface area contributed by atoms with E-state index in [1.165, 1.54) is 17.2 Å². The molecular formula is C17H23Si. The highest BCUT2D eigenvalue weighted by molar-refractivity contribution is 6.59. The molecule has 0 fully saturated rings. The first kappa shape index (κ1) is 13.4. The standard InChI is InChI=1S/C17H23Si/c1-17(2,3)15-10-11-16(12-15)18(4)13-14-8-6-5-7-9-14/h5-12,16H,13H2,1-4H3. The third kappa shape index (κ3) is 3.23. The maximum atomic E-state index is 2.50. The summed E-state index contributed by atoms with van der Waals surface area (Å²) in [5.41, 5.74) is 3.98. The fraction of sp³-hybridized carbons (Fsp3) is 0.412. The van der Waals surface area contributed by atoms with E-state index in [1.54, 1.807) is 0 Å². The van der Waals surface area contributed by atoms with Crippen LogP contribution in [0.15, 0.2) is 54.1 Å². The van der Waals surface area contributed by atoms with Gasteiger partial charge in [0.2, 0.25) is 0 Å². The lowest BCUT2D eigenvalue weighted by Gasteiger charge is -2.19. The van der Waals surface area contributed by atoms with E-state index in [0.29, 0.717) is 11.0 Å². The smallest absolute Gasteiger partial charge is 0.0618 e. The van der Waals surface area contributed by atoms with Gasteiger partial charge in [-0.3, -0.25) is 0 Å². The fourth-order valence-electron chi connectivity index (χ4n) is 2.35.